The van der Waals surface area contributed by atoms with E-state index in [1.54, 1.807) is 0 Å². The summed E-state index contributed by atoms with van der Waals surface area (Å²) < 4.78 is 4.80. The Kier molecular flexibility index (Phi) is 3.82. The van der Waals surface area contributed by atoms with Gasteiger partial charge in [0.15, 0.2) is 0 Å². The van der Waals surface area contributed by atoms with Crippen LogP contribution in [0.4, 0.5) is 0 Å². The van der Waals surface area contributed by atoms with Gasteiger partial charge in [-0.05, 0) is 25.2 Å². The average molecular weight is 227 g/mol. The van der Waals surface area contributed by atoms with Gasteiger partial charge in [-0.15, -0.1) is 0 Å². The van der Waals surface area contributed by atoms with Crippen LogP contribution in [0, 0.1) is 5.92 Å². The summed E-state index contributed by atoms with van der Waals surface area (Å²) in [5.74, 6) is 0.231. The molecule has 16 heavy (non-hydrogen) atoms. The van der Waals surface area contributed by atoms with Crippen LogP contribution in [0.15, 0.2) is 0 Å². The summed E-state index contributed by atoms with van der Waals surface area (Å²) in [6.07, 6.45) is 5.52. The lowest BCUT2D eigenvalue weighted by atomic mass is 9.81. The molecule has 0 amide bonds. The third kappa shape index (κ3) is 2.09. The van der Waals surface area contributed by atoms with Crippen LogP contribution in [-0.2, 0) is 9.53 Å². The molecule has 1 aliphatic carbocycles. The van der Waals surface area contributed by atoms with E-state index < -0.39 is 0 Å². The van der Waals surface area contributed by atoms with Gasteiger partial charge in [0, 0.05) is 19.2 Å². The maximum atomic E-state index is 11.5. The third-order valence-electron chi connectivity index (χ3n) is 4.06. The fourth-order valence-corrected chi connectivity index (χ4v) is 3.03. The Bertz CT molecular complexity index is 257. The van der Waals surface area contributed by atoms with E-state index in [0.717, 1.165) is 25.8 Å². The average Bonchev–Trinajstić information content (AvgIpc) is 2.28. The zero-order chi connectivity index (χ0) is 11.5. The number of methoxy groups -OCH3 is 1. The van der Waals surface area contributed by atoms with Crippen molar-refractivity contribution < 1.29 is 14.6 Å². The van der Waals surface area contributed by atoms with Crippen molar-refractivity contribution in [3.63, 3.8) is 0 Å². The molecule has 4 heteroatoms. The zero-order valence-electron chi connectivity index (χ0n) is 9.89. The summed E-state index contributed by atoms with van der Waals surface area (Å²) in [5, 5.41) is 9.37. The number of aliphatic hydroxyl groups excluding tert-OH is 1. The monoisotopic (exact) mass is 227 g/mol. The molecule has 2 rings (SSSR count). The molecular formula is C12H21NO3. The summed E-state index contributed by atoms with van der Waals surface area (Å²) >= 11 is 0. The molecule has 3 unspecified atom stereocenters. The Morgan fingerprint density at radius 1 is 1.38 bits per heavy atom. The van der Waals surface area contributed by atoms with Crippen molar-refractivity contribution in [3.8, 4) is 0 Å². The summed E-state index contributed by atoms with van der Waals surface area (Å²) in [6.45, 7) is 1.22. The van der Waals surface area contributed by atoms with Crippen LogP contribution in [-0.4, -0.2) is 48.3 Å². The lowest BCUT2D eigenvalue weighted by Gasteiger charge is -2.48. The fraction of sp³-hybridized carbons (Fsp3) is 0.917. The van der Waals surface area contributed by atoms with Crippen molar-refractivity contribution in [3.05, 3.63) is 0 Å². The Labute approximate surface area is 96.6 Å². The van der Waals surface area contributed by atoms with Crippen LogP contribution >= 0.6 is 0 Å². The second-order valence-corrected chi connectivity index (χ2v) is 4.86. The van der Waals surface area contributed by atoms with Crippen LogP contribution in [0.5, 0.6) is 0 Å². The molecule has 0 spiro atoms. The van der Waals surface area contributed by atoms with Gasteiger partial charge in [-0.25, -0.2) is 0 Å². The molecule has 0 aromatic carbocycles. The zero-order valence-corrected chi connectivity index (χ0v) is 9.89. The minimum atomic E-state index is -0.117. The van der Waals surface area contributed by atoms with Gasteiger partial charge in [-0.2, -0.15) is 0 Å². The SMILES string of the molecule is COC(=O)C1CCN1C1CCCCC1CO. The molecule has 1 saturated heterocycles. The first-order chi connectivity index (χ1) is 7.77. The topological polar surface area (TPSA) is 49.8 Å². The van der Waals surface area contributed by atoms with E-state index >= 15 is 0 Å². The van der Waals surface area contributed by atoms with Crippen molar-refractivity contribution in [1.29, 1.82) is 0 Å². The third-order valence-corrected chi connectivity index (χ3v) is 4.06. The molecule has 4 nitrogen and oxygen atoms in total. The number of carbonyl (C=O) groups is 1. The number of aliphatic hydroxyl groups is 1. The van der Waals surface area contributed by atoms with E-state index in [-0.39, 0.29) is 18.6 Å². The van der Waals surface area contributed by atoms with Gasteiger partial charge in [-0.3, -0.25) is 9.69 Å². The highest BCUT2D eigenvalue weighted by atomic mass is 16.5. The van der Waals surface area contributed by atoms with Crippen LogP contribution in [0.25, 0.3) is 0 Å². The quantitative estimate of drug-likeness (QED) is 0.724. The van der Waals surface area contributed by atoms with E-state index in [9.17, 15) is 9.90 Å². The molecule has 92 valence electrons. The highest BCUT2D eigenvalue weighted by Gasteiger charge is 2.42. The number of nitrogens with zero attached hydrogens (tertiary/aromatic N) is 1. The van der Waals surface area contributed by atoms with Gasteiger partial charge >= 0.3 is 5.97 Å². The molecule has 1 aliphatic heterocycles. The van der Waals surface area contributed by atoms with Gasteiger partial charge in [0.2, 0.25) is 0 Å². The van der Waals surface area contributed by atoms with Crippen molar-refractivity contribution in [2.75, 3.05) is 20.3 Å². The maximum Gasteiger partial charge on any atom is 0.323 e. The van der Waals surface area contributed by atoms with E-state index in [1.165, 1.54) is 20.0 Å². The Morgan fingerprint density at radius 3 is 2.69 bits per heavy atom. The van der Waals surface area contributed by atoms with Gasteiger partial charge in [0.25, 0.3) is 0 Å². The first-order valence-corrected chi connectivity index (χ1v) is 6.22. The minimum absolute atomic E-state index is 0.0536. The molecule has 1 N–H and O–H groups in total. The van der Waals surface area contributed by atoms with Crippen LogP contribution in [0.1, 0.15) is 32.1 Å². The van der Waals surface area contributed by atoms with E-state index in [4.69, 9.17) is 4.74 Å². The fourth-order valence-electron chi connectivity index (χ4n) is 3.03. The van der Waals surface area contributed by atoms with Crippen LogP contribution in [0.3, 0.4) is 0 Å². The molecule has 0 bridgehead atoms. The predicted octanol–water partition coefficient (Wildman–Crippen LogP) is 0.785. The molecule has 0 aromatic heterocycles. The molecular weight excluding hydrogens is 206 g/mol. The molecule has 1 heterocycles. The number of hydrogen-bond donors (Lipinski definition) is 1. The molecule has 3 atom stereocenters. The molecule has 2 aliphatic rings. The van der Waals surface area contributed by atoms with Crippen molar-refractivity contribution in [2.24, 2.45) is 5.92 Å². The predicted molar refractivity (Wildman–Crippen MR) is 60.0 cm³/mol. The summed E-state index contributed by atoms with van der Waals surface area (Å²) in [4.78, 5) is 13.7. The molecule has 2 fully saturated rings. The smallest absolute Gasteiger partial charge is 0.323 e. The number of rotatable bonds is 3. The van der Waals surface area contributed by atoms with Gasteiger partial charge in [-0.1, -0.05) is 12.8 Å². The minimum Gasteiger partial charge on any atom is -0.468 e. The van der Waals surface area contributed by atoms with E-state index in [2.05, 4.69) is 4.90 Å². The van der Waals surface area contributed by atoms with Crippen LogP contribution in [0.2, 0.25) is 0 Å². The standard InChI is InChI=1S/C12H21NO3/c1-16-12(15)11-6-7-13(11)10-5-3-2-4-9(10)8-14/h9-11,14H,2-8H2,1H3. The van der Waals surface area contributed by atoms with Gasteiger partial charge in [0.05, 0.1) is 7.11 Å². The van der Waals surface area contributed by atoms with Crippen molar-refractivity contribution >= 4 is 5.97 Å². The van der Waals surface area contributed by atoms with Crippen LogP contribution < -0.4 is 0 Å². The normalized spacial score (nSPS) is 35.5. The second-order valence-electron chi connectivity index (χ2n) is 4.86. The number of hydrogen-bond acceptors (Lipinski definition) is 4. The number of carbonyl (C=O) groups excluding carboxylic acids is 1. The molecule has 0 radical (unpaired) electrons. The maximum absolute atomic E-state index is 11.5. The summed E-state index contributed by atoms with van der Waals surface area (Å²) in [7, 11) is 1.45. The highest BCUT2D eigenvalue weighted by molar-refractivity contribution is 5.76. The largest absolute Gasteiger partial charge is 0.468 e. The number of likely N-dealkylation sites (tertiary alicyclic amines) is 1. The van der Waals surface area contributed by atoms with Gasteiger partial charge in [0.1, 0.15) is 6.04 Å². The first-order valence-electron chi connectivity index (χ1n) is 6.22. The van der Waals surface area contributed by atoms with Crippen molar-refractivity contribution in [2.45, 2.75) is 44.2 Å². The number of ether oxygens (including phenoxy) is 1. The lowest BCUT2D eigenvalue weighted by Crippen LogP contribution is -2.60. The van der Waals surface area contributed by atoms with E-state index in [0.29, 0.717) is 12.0 Å². The molecule has 0 aromatic rings. The van der Waals surface area contributed by atoms with Gasteiger partial charge < -0.3 is 9.84 Å². The molecule has 1 saturated carbocycles. The Hall–Kier alpha value is -0.610. The summed E-state index contributed by atoms with van der Waals surface area (Å²) in [5.41, 5.74) is 0. The highest BCUT2D eigenvalue weighted by Crippen LogP contribution is 2.34. The Balaban J connectivity index is 1.97. The van der Waals surface area contributed by atoms with E-state index in [1.807, 2.05) is 0 Å². The second kappa shape index (κ2) is 5.15. The van der Waals surface area contributed by atoms with Crippen molar-refractivity contribution in [1.82, 2.24) is 4.90 Å². The summed E-state index contributed by atoms with van der Waals surface area (Å²) in [6, 6.07) is 0.332. The Morgan fingerprint density at radius 2 is 2.12 bits per heavy atom. The first kappa shape index (κ1) is 11.9. The number of esters is 1. The lowest BCUT2D eigenvalue weighted by molar-refractivity contribution is -0.156.